The third-order valence-corrected chi connectivity index (χ3v) is 4.27. The number of anilines is 2. The minimum Gasteiger partial charge on any atom is -0.382 e. The maximum absolute atomic E-state index is 12.5. The fourth-order valence-electron chi connectivity index (χ4n) is 2.19. The van der Waals surface area contributed by atoms with Crippen molar-refractivity contribution < 1.29 is 4.79 Å². The summed E-state index contributed by atoms with van der Waals surface area (Å²) in [5.74, 6) is 0.775. The maximum Gasteiger partial charge on any atom is 0.267 e. The molecule has 20 heavy (non-hydrogen) atoms. The van der Waals surface area contributed by atoms with Gasteiger partial charge in [-0.05, 0) is 18.8 Å². The van der Waals surface area contributed by atoms with Crippen molar-refractivity contribution in [2.45, 2.75) is 32.7 Å². The van der Waals surface area contributed by atoms with Gasteiger partial charge in [0.1, 0.15) is 10.7 Å². The van der Waals surface area contributed by atoms with Crippen molar-refractivity contribution in [1.82, 2.24) is 9.88 Å². The van der Waals surface area contributed by atoms with Crippen LogP contribution in [0.4, 0.5) is 10.9 Å². The van der Waals surface area contributed by atoms with Crippen LogP contribution in [0.25, 0.3) is 0 Å². The number of nitrogens with zero attached hydrogens (tertiary/aromatic N) is 2. The Labute approximate surface area is 123 Å². The lowest BCUT2D eigenvalue weighted by molar-refractivity contribution is 0.0714. The van der Waals surface area contributed by atoms with Crippen LogP contribution in [0.15, 0.2) is 0 Å². The number of nitrogens with two attached hydrogens (primary N) is 2. The van der Waals surface area contributed by atoms with E-state index in [4.69, 9.17) is 11.5 Å². The topological polar surface area (TPSA) is 97.3 Å². The van der Waals surface area contributed by atoms with E-state index < -0.39 is 0 Å². The van der Waals surface area contributed by atoms with E-state index in [2.05, 4.69) is 24.1 Å². The zero-order valence-corrected chi connectivity index (χ0v) is 12.9. The molecule has 1 aliphatic heterocycles. The molecule has 0 spiro atoms. The van der Waals surface area contributed by atoms with E-state index >= 15 is 0 Å². The van der Waals surface area contributed by atoms with Crippen molar-refractivity contribution in [2.24, 2.45) is 11.7 Å². The smallest absolute Gasteiger partial charge is 0.267 e. The van der Waals surface area contributed by atoms with Gasteiger partial charge in [-0.3, -0.25) is 4.79 Å². The fraction of sp³-hybridized carbons (Fsp3) is 0.692. The standard InChI is InChI=1S/C13H23N5OS/c1-8(2)6-16-13-17-11(15)10(20-13)12(19)18-5-3-4-9(14)7-18/h8-9H,3-7,14-15H2,1-2H3,(H,16,17). The molecular weight excluding hydrogens is 274 g/mol. The molecule has 0 aliphatic carbocycles. The Bertz CT molecular complexity index is 473. The van der Waals surface area contributed by atoms with E-state index in [0.29, 0.717) is 28.3 Å². The molecule has 0 aromatic carbocycles. The van der Waals surface area contributed by atoms with Gasteiger partial charge in [0.15, 0.2) is 5.13 Å². The van der Waals surface area contributed by atoms with E-state index in [1.54, 1.807) is 4.90 Å². The largest absolute Gasteiger partial charge is 0.382 e. The minimum atomic E-state index is -0.0484. The van der Waals surface area contributed by atoms with Gasteiger partial charge in [-0.25, -0.2) is 4.98 Å². The van der Waals surface area contributed by atoms with E-state index in [9.17, 15) is 4.79 Å². The van der Waals surface area contributed by atoms with Crippen LogP contribution in [0.2, 0.25) is 0 Å². The SMILES string of the molecule is CC(C)CNc1nc(N)c(C(=O)N2CCCC(N)C2)s1. The molecule has 1 unspecified atom stereocenters. The van der Waals surface area contributed by atoms with Crippen LogP contribution in [0.1, 0.15) is 36.4 Å². The summed E-state index contributed by atoms with van der Waals surface area (Å²) in [5.41, 5.74) is 11.8. The van der Waals surface area contributed by atoms with Crippen LogP contribution in [0.5, 0.6) is 0 Å². The number of nitrogens with one attached hydrogen (secondary N) is 1. The number of amides is 1. The Morgan fingerprint density at radius 2 is 2.35 bits per heavy atom. The van der Waals surface area contributed by atoms with Crippen LogP contribution >= 0.6 is 11.3 Å². The fourth-order valence-corrected chi connectivity index (χ4v) is 3.05. The summed E-state index contributed by atoms with van der Waals surface area (Å²) in [5, 5.41) is 3.91. The third kappa shape index (κ3) is 3.61. The number of nitrogen functional groups attached to an aromatic ring is 1. The summed E-state index contributed by atoms with van der Waals surface area (Å²) in [4.78, 5) is 19.0. The Morgan fingerprint density at radius 1 is 1.60 bits per heavy atom. The van der Waals surface area contributed by atoms with E-state index in [0.717, 1.165) is 25.9 Å². The summed E-state index contributed by atoms with van der Waals surface area (Å²) < 4.78 is 0. The van der Waals surface area contributed by atoms with Crippen LogP contribution in [0.3, 0.4) is 0 Å². The molecule has 1 amide bonds. The first-order chi connectivity index (χ1) is 9.47. The summed E-state index contributed by atoms with van der Waals surface area (Å²) in [6.45, 7) is 6.40. The number of aromatic nitrogens is 1. The van der Waals surface area contributed by atoms with Gasteiger partial charge < -0.3 is 21.7 Å². The average molecular weight is 297 g/mol. The van der Waals surface area contributed by atoms with Gasteiger partial charge in [-0.2, -0.15) is 0 Å². The third-order valence-electron chi connectivity index (χ3n) is 3.25. The molecule has 2 rings (SSSR count). The monoisotopic (exact) mass is 297 g/mol. The van der Waals surface area contributed by atoms with Crippen LogP contribution < -0.4 is 16.8 Å². The van der Waals surface area contributed by atoms with Gasteiger partial charge in [0.25, 0.3) is 5.91 Å². The molecule has 1 aromatic rings. The van der Waals surface area contributed by atoms with Gasteiger partial charge in [0.2, 0.25) is 0 Å². The molecule has 6 nitrogen and oxygen atoms in total. The molecule has 1 aromatic heterocycles. The van der Waals surface area contributed by atoms with Gasteiger partial charge in [-0.1, -0.05) is 25.2 Å². The van der Waals surface area contributed by atoms with Crippen molar-refractivity contribution in [3.8, 4) is 0 Å². The predicted octanol–water partition coefficient (Wildman–Crippen LogP) is 1.36. The van der Waals surface area contributed by atoms with Crippen LogP contribution in [-0.2, 0) is 0 Å². The number of likely N-dealkylation sites (tertiary alicyclic amines) is 1. The first-order valence-electron chi connectivity index (χ1n) is 7.02. The molecule has 112 valence electrons. The molecule has 0 radical (unpaired) electrons. The van der Waals surface area contributed by atoms with Crippen molar-refractivity contribution >= 4 is 28.2 Å². The Kier molecular flexibility index (Phi) is 4.82. The number of carbonyl (C=O) groups is 1. The van der Waals surface area contributed by atoms with Gasteiger partial charge in [0, 0.05) is 25.7 Å². The highest BCUT2D eigenvalue weighted by Gasteiger charge is 2.26. The number of piperidine rings is 1. The Balaban J connectivity index is 2.05. The molecule has 1 aliphatic rings. The molecule has 0 bridgehead atoms. The van der Waals surface area contributed by atoms with E-state index in [1.165, 1.54) is 11.3 Å². The summed E-state index contributed by atoms with van der Waals surface area (Å²) >= 11 is 1.33. The Hall–Kier alpha value is -1.34. The maximum atomic E-state index is 12.5. The average Bonchev–Trinajstić information content (AvgIpc) is 2.77. The summed E-state index contributed by atoms with van der Waals surface area (Å²) in [6.07, 6.45) is 1.92. The number of hydrogen-bond donors (Lipinski definition) is 3. The lowest BCUT2D eigenvalue weighted by Crippen LogP contribution is -2.45. The molecule has 7 heteroatoms. The van der Waals surface area contributed by atoms with E-state index in [1.807, 2.05) is 0 Å². The lowest BCUT2D eigenvalue weighted by atomic mass is 10.1. The van der Waals surface area contributed by atoms with Gasteiger partial charge in [0.05, 0.1) is 0 Å². The predicted molar refractivity (Wildman–Crippen MR) is 83.0 cm³/mol. The van der Waals surface area contributed by atoms with Crippen molar-refractivity contribution in [2.75, 3.05) is 30.7 Å². The van der Waals surface area contributed by atoms with Crippen LogP contribution in [-0.4, -0.2) is 41.5 Å². The van der Waals surface area contributed by atoms with Gasteiger partial charge >= 0.3 is 0 Å². The summed E-state index contributed by atoms with van der Waals surface area (Å²) in [6, 6.07) is 0.0698. The first-order valence-corrected chi connectivity index (χ1v) is 7.84. The second kappa shape index (κ2) is 6.41. The highest BCUT2D eigenvalue weighted by molar-refractivity contribution is 7.18. The molecule has 1 atom stereocenters. The quantitative estimate of drug-likeness (QED) is 0.779. The van der Waals surface area contributed by atoms with Crippen molar-refractivity contribution in [1.29, 1.82) is 0 Å². The molecule has 5 N–H and O–H groups in total. The van der Waals surface area contributed by atoms with E-state index in [-0.39, 0.29) is 11.9 Å². The normalized spacial score (nSPS) is 19.4. The highest BCUT2D eigenvalue weighted by Crippen LogP contribution is 2.27. The Morgan fingerprint density at radius 3 is 3.00 bits per heavy atom. The molecule has 1 fully saturated rings. The highest BCUT2D eigenvalue weighted by atomic mass is 32.1. The number of thiazole rings is 1. The zero-order chi connectivity index (χ0) is 14.7. The number of carbonyl (C=O) groups excluding carboxylic acids is 1. The van der Waals surface area contributed by atoms with Crippen molar-refractivity contribution in [3.05, 3.63) is 4.88 Å². The zero-order valence-electron chi connectivity index (χ0n) is 12.1. The lowest BCUT2D eigenvalue weighted by Gasteiger charge is -2.30. The van der Waals surface area contributed by atoms with Crippen LogP contribution in [0, 0.1) is 5.92 Å². The molecule has 2 heterocycles. The summed E-state index contributed by atoms with van der Waals surface area (Å²) in [7, 11) is 0. The molecular formula is C13H23N5OS. The van der Waals surface area contributed by atoms with Crippen molar-refractivity contribution in [3.63, 3.8) is 0 Å². The first kappa shape index (κ1) is 15.1. The second-order valence-corrected chi connectivity index (χ2v) is 6.66. The second-order valence-electron chi connectivity index (χ2n) is 5.66. The number of hydrogen-bond acceptors (Lipinski definition) is 6. The molecule has 0 saturated carbocycles. The van der Waals surface area contributed by atoms with Gasteiger partial charge in [-0.15, -0.1) is 0 Å². The minimum absolute atomic E-state index is 0.0484. The number of rotatable bonds is 4. The molecule has 1 saturated heterocycles.